The largest absolute Gasteiger partial charge is 0.248 e. The second-order valence-corrected chi connectivity index (χ2v) is 3.41. The van der Waals surface area contributed by atoms with Gasteiger partial charge < -0.3 is 0 Å². The Hall–Kier alpha value is -0.340. The summed E-state index contributed by atoms with van der Waals surface area (Å²) in [7, 11) is 6.19. The Balaban J connectivity index is 4.03. The molecule has 0 aliphatic carbocycles. The van der Waals surface area contributed by atoms with Gasteiger partial charge in [0, 0.05) is 27.2 Å². The van der Waals surface area contributed by atoms with Crippen LogP contribution in [0, 0.1) is 0 Å². The second-order valence-electron chi connectivity index (χ2n) is 3.41. The SMILES string of the molecule is CC(C)=CC(C)N(C)N(C)C. The van der Waals surface area contributed by atoms with E-state index >= 15 is 0 Å². The van der Waals surface area contributed by atoms with Gasteiger partial charge in [-0.15, -0.1) is 0 Å². The van der Waals surface area contributed by atoms with Gasteiger partial charge in [0.15, 0.2) is 0 Å². The zero-order valence-electron chi connectivity index (χ0n) is 8.55. The highest BCUT2D eigenvalue weighted by Gasteiger charge is 2.06. The van der Waals surface area contributed by atoms with Crippen molar-refractivity contribution in [2.45, 2.75) is 26.8 Å². The molecule has 0 saturated heterocycles. The summed E-state index contributed by atoms with van der Waals surface area (Å²) < 4.78 is 0. The van der Waals surface area contributed by atoms with E-state index < -0.39 is 0 Å². The first-order valence-electron chi connectivity index (χ1n) is 4.00. The van der Waals surface area contributed by atoms with Crippen LogP contribution in [0.15, 0.2) is 11.6 Å². The maximum absolute atomic E-state index is 2.25. The van der Waals surface area contributed by atoms with Gasteiger partial charge >= 0.3 is 0 Å². The van der Waals surface area contributed by atoms with Crippen molar-refractivity contribution in [2.24, 2.45) is 0 Å². The van der Waals surface area contributed by atoms with E-state index in [9.17, 15) is 0 Å². The third-order valence-electron chi connectivity index (χ3n) is 1.79. The minimum absolute atomic E-state index is 0.481. The minimum atomic E-state index is 0.481. The van der Waals surface area contributed by atoms with Gasteiger partial charge in [-0.25, -0.2) is 10.0 Å². The molecule has 0 spiro atoms. The molecule has 0 aliphatic heterocycles. The molecule has 0 aliphatic rings. The minimum Gasteiger partial charge on any atom is -0.248 e. The average molecular weight is 156 g/mol. The molecule has 0 N–H and O–H groups in total. The third-order valence-corrected chi connectivity index (χ3v) is 1.79. The van der Waals surface area contributed by atoms with Crippen LogP contribution in [0.1, 0.15) is 20.8 Å². The number of rotatable bonds is 3. The van der Waals surface area contributed by atoms with E-state index in [4.69, 9.17) is 0 Å². The molecule has 0 fully saturated rings. The van der Waals surface area contributed by atoms with Crippen LogP contribution in [0.5, 0.6) is 0 Å². The van der Waals surface area contributed by atoms with Crippen LogP contribution < -0.4 is 0 Å². The number of hydrazine groups is 1. The lowest BCUT2D eigenvalue weighted by atomic mass is 10.2. The van der Waals surface area contributed by atoms with Crippen molar-refractivity contribution in [2.75, 3.05) is 21.1 Å². The molecule has 0 aromatic heterocycles. The summed E-state index contributed by atoms with van der Waals surface area (Å²) in [5, 5.41) is 4.27. The molecule has 1 unspecified atom stereocenters. The molecule has 66 valence electrons. The molecule has 0 bridgehead atoms. The van der Waals surface area contributed by atoms with Crippen molar-refractivity contribution in [3.63, 3.8) is 0 Å². The van der Waals surface area contributed by atoms with Crippen LogP contribution in [0.25, 0.3) is 0 Å². The molecule has 11 heavy (non-hydrogen) atoms. The quantitative estimate of drug-likeness (QED) is 0.454. The fraction of sp³-hybridized carbons (Fsp3) is 0.778. The smallest absolute Gasteiger partial charge is 0.0396 e. The maximum Gasteiger partial charge on any atom is 0.0396 e. The van der Waals surface area contributed by atoms with Crippen molar-refractivity contribution in [3.05, 3.63) is 11.6 Å². The molecular formula is C9H20N2. The number of hydrogen-bond donors (Lipinski definition) is 0. The summed E-state index contributed by atoms with van der Waals surface area (Å²) >= 11 is 0. The molecule has 0 radical (unpaired) electrons. The standard InChI is InChI=1S/C9H20N2/c1-8(2)7-9(3)11(6)10(4)5/h7,9H,1-6H3. The van der Waals surface area contributed by atoms with E-state index in [1.54, 1.807) is 0 Å². The first kappa shape index (κ1) is 10.7. The molecule has 0 amide bonds. The van der Waals surface area contributed by atoms with Crippen LogP contribution in [-0.2, 0) is 0 Å². The lowest BCUT2D eigenvalue weighted by Crippen LogP contribution is -2.39. The topological polar surface area (TPSA) is 6.48 Å². The lowest BCUT2D eigenvalue weighted by Gasteiger charge is -2.28. The summed E-state index contributed by atoms with van der Waals surface area (Å²) in [5.74, 6) is 0. The predicted octanol–water partition coefficient (Wildman–Crippen LogP) is 1.75. The summed E-state index contributed by atoms with van der Waals surface area (Å²) in [6.45, 7) is 6.44. The number of hydrogen-bond acceptors (Lipinski definition) is 2. The van der Waals surface area contributed by atoms with Gasteiger partial charge in [-0.1, -0.05) is 11.6 Å². The third kappa shape index (κ3) is 4.17. The molecular weight excluding hydrogens is 136 g/mol. The highest BCUT2D eigenvalue weighted by Crippen LogP contribution is 2.01. The predicted molar refractivity (Wildman–Crippen MR) is 50.3 cm³/mol. The van der Waals surface area contributed by atoms with Crippen molar-refractivity contribution in [3.8, 4) is 0 Å². The van der Waals surface area contributed by atoms with Gasteiger partial charge in [0.05, 0.1) is 0 Å². The van der Waals surface area contributed by atoms with Gasteiger partial charge in [0.25, 0.3) is 0 Å². The number of likely N-dealkylation sites (N-methyl/N-ethyl adjacent to an activating group) is 1. The molecule has 0 aromatic rings. The monoisotopic (exact) mass is 156 g/mol. The van der Waals surface area contributed by atoms with Crippen LogP contribution in [0.4, 0.5) is 0 Å². The maximum atomic E-state index is 2.25. The first-order valence-corrected chi connectivity index (χ1v) is 4.00. The molecule has 1 atom stereocenters. The summed E-state index contributed by atoms with van der Waals surface area (Å²) in [6, 6.07) is 0.481. The fourth-order valence-electron chi connectivity index (χ4n) is 0.955. The van der Waals surface area contributed by atoms with E-state index in [1.807, 2.05) is 0 Å². The van der Waals surface area contributed by atoms with Crippen molar-refractivity contribution in [1.29, 1.82) is 0 Å². The van der Waals surface area contributed by atoms with E-state index in [2.05, 4.69) is 58.0 Å². The number of allylic oxidation sites excluding steroid dienone is 1. The Morgan fingerprint density at radius 2 is 1.64 bits per heavy atom. The molecule has 0 rings (SSSR count). The van der Waals surface area contributed by atoms with E-state index in [0.29, 0.717) is 6.04 Å². The van der Waals surface area contributed by atoms with Gasteiger partial charge in [0.2, 0.25) is 0 Å². The number of nitrogens with zero attached hydrogens (tertiary/aromatic N) is 2. The second kappa shape index (κ2) is 4.52. The molecule has 0 aromatic carbocycles. The Morgan fingerprint density at radius 3 is 1.91 bits per heavy atom. The van der Waals surface area contributed by atoms with Gasteiger partial charge in [-0.3, -0.25) is 0 Å². The average Bonchev–Trinajstić information content (AvgIpc) is 1.84. The van der Waals surface area contributed by atoms with E-state index in [0.717, 1.165) is 0 Å². The highest BCUT2D eigenvalue weighted by molar-refractivity contribution is 4.99. The lowest BCUT2D eigenvalue weighted by molar-refractivity contribution is 0.0348. The van der Waals surface area contributed by atoms with Crippen molar-refractivity contribution in [1.82, 2.24) is 10.0 Å². The summed E-state index contributed by atoms with van der Waals surface area (Å²) in [4.78, 5) is 0. The molecule has 0 heterocycles. The Bertz CT molecular complexity index is 134. The Kier molecular flexibility index (Phi) is 4.38. The molecule has 2 nitrogen and oxygen atoms in total. The van der Waals surface area contributed by atoms with E-state index in [1.165, 1.54) is 5.57 Å². The first-order chi connectivity index (χ1) is 4.95. The van der Waals surface area contributed by atoms with Crippen LogP contribution in [0.2, 0.25) is 0 Å². The zero-order chi connectivity index (χ0) is 9.02. The van der Waals surface area contributed by atoms with Gasteiger partial charge in [-0.05, 0) is 20.8 Å². The fourth-order valence-corrected chi connectivity index (χ4v) is 0.955. The zero-order valence-corrected chi connectivity index (χ0v) is 8.55. The van der Waals surface area contributed by atoms with Crippen LogP contribution in [0.3, 0.4) is 0 Å². The molecule has 0 saturated carbocycles. The van der Waals surface area contributed by atoms with Gasteiger partial charge in [0.1, 0.15) is 0 Å². The Morgan fingerprint density at radius 1 is 1.18 bits per heavy atom. The van der Waals surface area contributed by atoms with Crippen molar-refractivity contribution >= 4 is 0 Å². The summed E-state index contributed by atoms with van der Waals surface area (Å²) in [5.41, 5.74) is 1.37. The van der Waals surface area contributed by atoms with Crippen LogP contribution >= 0.6 is 0 Å². The normalized spacial score (nSPS) is 13.8. The van der Waals surface area contributed by atoms with Crippen molar-refractivity contribution < 1.29 is 0 Å². The van der Waals surface area contributed by atoms with E-state index in [-0.39, 0.29) is 0 Å². The summed E-state index contributed by atoms with van der Waals surface area (Å²) in [6.07, 6.45) is 2.25. The molecule has 2 heteroatoms. The van der Waals surface area contributed by atoms with Gasteiger partial charge in [-0.2, -0.15) is 0 Å². The van der Waals surface area contributed by atoms with Crippen LogP contribution in [-0.4, -0.2) is 37.2 Å². The Labute approximate surface area is 70.5 Å². The highest BCUT2D eigenvalue weighted by atomic mass is 15.6.